The molecule has 0 saturated carbocycles. The molecule has 0 aliphatic heterocycles. The molecule has 255 valence electrons. The van der Waals surface area contributed by atoms with Crippen molar-refractivity contribution < 1.29 is 51.1 Å². The summed E-state index contributed by atoms with van der Waals surface area (Å²) in [6, 6.07) is 14.5. The summed E-state index contributed by atoms with van der Waals surface area (Å²) in [6.45, 7) is 0. The van der Waals surface area contributed by atoms with Crippen LogP contribution in [0.1, 0.15) is 13.7 Å². The van der Waals surface area contributed by atoms with E-state index in [2.05, 4.69) is 20.6 Å². The van der Waals surface area contributed by atoms with E-state index in [1.807, 2.05) is 0 Å². The topological polar surface area (TPSA) is 66.4 Å². The third kappa shape index (κ3) is 9.65. The van der Waals surface area contributed by atoms with Crippen LogP contribution >= 0.6 is 15.9 Å². The Morgan fingerprint density at radius 2 is 1.08 bits per heavy atom. The largest absolute Gasteiger partial charge is 0.569 e. The van der Waals surface area contributed by atoms with Crippen molar-refractivity contribution in [3.63, 3.8) is 0 Å². The van der Waals surface area contributed by atoms with E-state index in [1.54, 1.807) is 62.8 Å². The Balaban J connectivity index is 0.000000213. The van der Waals surface area contributed by atoms with Crippen molar-refractivity contribution in [3.05, 3.63) is 149 Å². The van der Waals surface area contributed by atoms with Crippen molar-refractivity contribution in [2.45, 2.75) is 0 Å². The molecule has 6 nitrogen and oxygen atoms in total. The number of benzene rings is 6. The fourth-order valence-corrected chi connectivity index (χ4v) is 5.07. The molecule has 0 atom stereocenters. The lowest BCUT2D eigenvalue weighted by Gasteiger charge is -2.15. The molecule has 6 aromatic carbocycles. The zero-order valence-corrected chi connectivity index (χ0v) is 28.7. The van der Waals surface area contributed by atoms with Crippen LogP contribution in [0.15, 0.2) is 138 Å². The first-order valence-corrected chi connectivity index (χ1v) is 15.2. The zero-order valence-electron chi connectivity index (χ0n) is 37.1. The van der Waals surface area contributed by atoms with Crippen LogP contribution in [0, 0.1) is 11.6 Å². The summed E-state index contributed by atoms with van der Waals surface area (Å²) in [4.78, 5) is 0. The Labute approximate surface area is 314 Å². The fraction of sp³-hybridized carbons (Fsp3) is 0.100. The second-order valence-electron chi connectivity index (χ2n) is 9.57. The predicted molar refractivity (Wildman–Crippen MR) is 198 cm³/mol. The average Bonchev–Trinajstić information content (AvgIpc) is 3.25. The second kappa shape index (κ2) is 19.0. The first-order chi connectivity index (χ1) is 28.5. The van der Waals surface area contributed by atoms with E-state index >= 15 is 0 Å². The highest BCUT2D eigenvalue weighted by Gasteiger charge is 2.18. The average molecular weight is 750 g/mol. The Kier molecular flexibility index (Phi) is 9.75. The molecule has 1 radical (unpaired) electrons. The van der Waals surface area contributed by atoms with Crippen LogP contribution < -0.4 is 23.6 Å². The van der Waals surface area contributed by atoms with Crippen LogP contribution in [0.2, 0.25) is 0 Å². The molecule has 0 bridgehead atoms. The molecule has 1 N–H and O–H groups in total. The van der Waals surface area contributed by atoms with Gasteiger partial charge in [-0.3, -0.25) is 0 Å². The molecule has 6 rings (SSSR count). The van der Waals surface area contributed by atoms with Crippen LogP contribution in [-0.4, -0.2) is 41.1 Å². The van der Waals surface area contributed by atoms with Crippen LogP contribution in [-0.2, 0) is 0 Å². The highest BCUT2D eigenvalue weighted by Crippen LogP contribution is 2.41. The molecule has 0 saturated heterocycles. The normalized spacial score (nSPS) is 12.8. The number of hydrogen-bond acceptors (Lipinski definition) is 6. The van der Waals surface area contributed by atoms with Crippen molar-refractivity contribution in [1.29, 1.82) is 0 Å². The van der Waals surface area contributed by atoms with Gasteiger partial charge in [0.15, 0.2) is 0 Å². The van der Waals surface area contributed by atoms with Gasteiger partial charge in [0.25, 0.3) is 0 Å². The van der Waals surface area contributed by atoms with E-state index in [0.29, 0.717) is 44.2 Å². The Morgan fingerprint density at radius 1 is 0.580 bits per heavy atom. The van der Waals surface area contributed by atoms with Gasteiger partial charge in [-0.05, 0) is 77.8 Å². The van der Waals surface area contributed by atoms with Gasteiger partial charge >= 0.3 is 7.69 Å². The summed E-state index contributed by atoms with van der Waals surface area (Å²) in [5, 5.41) is 8.34. The number of hydrogen-bond donors (Lipinski definition) is 1. The van der Waals surface area contributed by atoms with Crippen LogP contribution in [0.5, 0.6) is 28.7 Å². The summed E-state index contributed by atoms with van der Waals surface area (Å²) in [5.74, 6) is 0.762. The van der Waals surface area contributed by atoms with Crippen molar-refractivity contribution in [2.24, 2.45) is 0 Å². The van der Waals surface area contributed by atoms with Crippen molar-refractivity contribution in [2.75, 3.05) is 28.4 Å². The highest BCUT2D eigenvalue weighted by molar-refractivity contribution is 9.10. The van der Waals surface area contributed by atoms with E-state index in [0.717, 1.165) is 0 Å². The first-order valence-electron chi connectivity index (χ1n) is 19.4. The fourth-order valence-electron chi connectivity index (χ4n) is 4.52. The van der Waals surface area contributed by atoms with Gasteiger partial charge in [0, 0.05) is 26.7 Å². The minimum absolute atomic E-state index is 0.0665. The first kappa shape index (κ1) is 25.6. The number of halogens is 3. The number of rotatable bonds is 9. The molecule has 0 aliphatic carbocycles. The standard InChI is InChI=1S/C20H17FO2.C14H12BrFO2.C6H6BO2/c1-22-15-11-12-19(23-2)17(13-15)20-16(9-6-10-18(20)21)14-7-4-3-5-8-14;1-17-9-6-7-13(18-2)10(8-9)14-11(15)4-3-5-12(14)16;8-7-9-6-4-2-1-3-5-6/h3-13H,1-2H3;3-8H,1-2H3;1-5,8H/i3D,4D,5D,7D,8D;;1D,2D,3D,4D,5D. The monoisotopic (exact) mass is 749 g/mol. The van der Waals surface area contributed by atoms with Gasteiger partial charge in [0.1, 0.15) is 34.6 Å². The molecule has 0 aromatic heterocycles. The van der Waals surface area contributed by atoms with E-state index < -0.39 is 72.0 Å². The lowest BCUT2D eigenvalue weighted by molar-refractivity contribution is 0.404. The van der Waals surface area contributed by atoms with Crippen LogP contribution in [0.3, 0.4) is 0 Å². The summed E-state index contributed by atoms with van der Waals surface area (Å²) in [5.41, 5.74) is 1.63. The summed E-state index contributed by atoms with van der Waals surface area (Å²) >= 11 is 3.36. The quantitative estimate of drug-likeness (QED) is 0.149. The van der Waals surface area contributed by atoms with Crippen molar-refractivity contribution in [1.82, 2.24) is 0 Å². The molecule has 6 aromatic rings. The number of ether oxygens (including phenoxy) is 4. The maximum absolute atomic E-state index is 15.0. The molecule has 0 unspecified atom stereocenters. The highest BCUT2D eigenvalue weighted by atomic mass is 79.9. The van der Waals surface area contributed by atoms with Gasteiger partial charge in [-0.25, -0.2) is 8.78 Å². The SMILES string of the molecule is COc1ccc(OC)c(-c2c(F)cccc2Br)c1.[2H]c1c([2H])c([2H])c(-c2cccc(F)c2-c2cc(OC)ccc2OC)c([2H])c1[2H].[2H]c1c([2H])c([2H])c(O[B]O)c([2H])c1[2H]. The zero-order chi connectivity index (χ0) is 44.6. The minimum atomic E-state index is -0.615. The van der Waals surface area contributed by atoms with Crippen LogP contribution in [0.4, 0.5) is 8.78 Å². The van der Waals surface area contributed by atoms with Gasteiger partial charge in [-0.1, -0.05) is 82.5 Å². The predicted octanol–water partition coefficient (Wildman–Crippen LogP) is 10.0. The third-order valence-corrected chi connectivity index (χ3v) is 7.41. The Bertz CT molecular complexity index is 2460. The lowest BCUT2D eigenvalue weighted by atomic mass is 9.93. The van der Waals surface area contributed by atoms with E-state index in [9.17, 15) is 8.78 Å². The van der Waals surface area contributed by atoms with Gasteiger partial charge in [-0.2, -0.15) is 0 Å². The molecule has 0 fully saturated rings. The number of methoxy groups -OCH3 is 4. The van der Waals surface area contributed by atoms with E-state index in [4.69, 9.17) is 37.7 Å². The molecule has 50 heavy (non-hydrogen) atoms. The Hall–Kier alpha value is -5.32. The molecule has 0 spiro atoms. The van der Waals surface area contributed by atoms with Gasteiger partial charge in [-0.15, -0.1) is 0 Å². The second-order valence-corrected chi connectivity index (χ2v) is 10.4. The number of para-hydroxylation sites is 1. The summed E-state index contributed by atoms with van der Waals surface area (Å²) in [6.07, 6.45) is 0. The Morgan fingerprint density at radius 3 is 1.58 bits per heavy atom. The van der Waals surface area contributed by atoms with E-state index in [-0.39, 0.29) is 30.2 Å². The van der Waals surface area contributed by atoms with Crippen molar-refractivity contribution in [3.8, 4) is 62.1 Å². The lowest BCUT2D eigenvalue weighted by Crippen LogP contribution is -1.98. The van der Waals surface area contributed by atoms with E-state index in [1.165, 1.54) is 38.5 Å². The van der Waals surface area contributed by atoms with Gasteiger partial charge in [0.05, 0.1) is 47.9 Å². The summed E-state index contributed by atoms with van der Waals surface area (Å²) in [7, 11) is 6.32. The van der Waals surface area contributed by atoms with Crippen LogP contribution in [0.25, 0.3) is 33.4 Å². The molecular formula is C40H35BBrF2O6. The maximum atomic E-state index is 15.0. The van der Waals surface area contributed by atoms with Crippen molar-refractivity contribution >= 4 is 23.6 Å². The van der Waals surface area contributed by atoms with Gasteiger partial charge in [0.2, 0.25) is 0 Å². The molecular weight excluding hydrogens is 705 g/mol. The molecule has 0 aliphatic rings. The maximum Gasteiger partial charge on any atom is 0.569 e. The van der Waals surface area contributed by atoms with Gasteiger partial charge < -0.3 is 28.6 Å². The third-order valence-electron chi connectivity index (χ3n) is 6.75. The summed E-state index contributed by atoms with van der Waals surface area (Å²) < 4.78 is 131. The smallest absolute Gasteiger partial charge is 0.537 e. The molecule has 10 heteroatoms. The minimum Gasteiger partial charge on any atom is -0.537 e. The molecule has 0 heterocycles. The molecule has 0 amide bonds.